The summed E-state index contributed by atoms with van der Waals surface area (Å²) < 4.78 is 5.34. The Bertz CT molecular complexity index is 582. The number of ether oxygens (including phenoxy) is 1. The summed E-state index contributed by atoms with van der Waals surface area (Å²) in [6.45, 7) is 2.50. The van der Waals surface area contributed by atoms with E-state index in [0.717, 1.165) is 5.75 Å². The normalized spacial score (nSPS) is 11.6. The average molecular weight is 271 g/mol. The Morgan fingerprint density at radius 3 is 2.63 bits per heavy atom. The molecule has 1 aromatic carbocycles. The van der Waals surface area contributed by atoms with Crippen molar-refractivity contribution in [3.63, 3.8) is 0 Å². The van der Waals surface area contributed by atoms with Crippen LogP contribution in [0.5, 0.6) is 5.75 Å². The van der Waals surface area contributed by atoms with Crippen molar-refractivity contribution < 1.29 is 9.53 Å². The lowest BCUT2D eigenvalue weighted by Crippen LogP contribution is -2.10. The second-order valence-electron chi connectivity index (χ2n) is 3.94. The summed E-state index contributed by atoms with van der Waals surface area (Å²) in [5, 5.41) is 12.8. The van der Waals surface area contributed by atoms with Crippen LogP contribution in [0.3, 0.4) is 0 Å². The fourth-order valence-corrected chi connectivity index (χ4v) is 2.42. The smallest absolute Gasteiger partial charge is 0.185 e. The van der Waals surface area contributed by atoms with Gasteiger partial charge in [0.05, 0.1) is 12.7 Å². The first-order valence-corrected chi connectivity index (χ1v) is 6.89. The van der Waals surface area contributed by atoms with Crippen LogP contribution in [0.25, 0.3) is 0 Å². The molecule has 1 heterocycles. The molecule has 0 amide bonds. The third-order valence-corrected chi connectivity index (χ3v) is 3.40. The van der Waals surface area contributed by atoms with Crippen LogP contribution in [-0.2, 0) is 0 Å². The number of rotatable bonds is 5. The molecule has 1 atom stereocenters. The molecule has 4 heteroatoms. The summed E-state index contributed by atoms with van der Waals surface area (Å²) in [7, 11) is 0. The molecule has 0 aliphatic carbocycles. The van der Waals surface area contributed by atoms with E-state index < -0.39 is 5.92 Å². The van der Waals surface area contributed by atoms with Crippen LogP contribution in [0.4, 0.5) is 0 Å². The zero-order valence-corrected chi connectivity index (χ0v) is 11.3. The Morgan fingerprint density at radius 1 is 1.37 bits per heavy atom. The molecule has 2 aromatic rings. The van der Waals surface area contributed by atoms with Gasteiger partial charge in [0, 0.05) is 10.9 Å². The Labute approximate surface area is 116 Å². The highest BCUT2D eigenvalue weighted by Crippen LogP contribution is 2.23. The minimum absolute atomic E-state index is 0.159. The van der Waals surface area contributed by atoms with Crippen LogP contribution in [0.2, 0.25) is 0 Å². The van der Waals surface area contributed by atoms with Gasteiger partial charge in [-0.2, -0.15) is 16.6 Å². The van der Waals surface area contributed by atoms with E-state index in [2.05, 4.69) is 6.07 Å². The number of carbonyl (C=O) groups excluding carboxylic acids is 1. The first kappa shape index (κ1) is 13.3. The lowest BCUT2D eigenvalue weighted by molar-refractivity contribution is 0.0979. The number of hydrogen-bond donors (Lipinski definition) is 0. The molecule has 0 radical (unpaired) electrons. The Kier molecular flexibility index (Phi) is 4.32. The van der Waals surface area contributed by atoms with Gasteiger partial charge in [-0.05, 0) is 36.1 Å². The Balaban J connectivity index is 2.23. The number of carbonyl (C=O) groups is 1. The highest BCUT2D eigenvalue weighted by molar-refractivity contribution is 7.08. The van der Waals surface area contributed by atoms with Gasteiger partial charge in [0.1, 0.15) is 11.7 Å². The predicted molar refractivity (Wildman–Crippen MR) is 74.6 cm³/mol. The highest BCUT2D eigenvalue weighted by Gasteiger charge is 2.21. The van der Waals surface area contributed by atoms with Gasteiger partial charge in [-0.3, -0.25) is 4.79 Å². The molecule has 0 saturated carbocycles. The maximum Gasteiger partial charge on any atom is 0.185 e. The third-order valence-electron chi connectivity index (χ3n) is 2.72. The van der Waals surface area contributed by atoms with Gasteiger partial charge < -0.3 is 4.74 Å². The van der Waals surface area contributed by atoms with Crippen molar-refractivity contribution >= 4 is 17.1 Å². The summed E-state index contributed by atoms with van der Waals surface area (Å²) in [4.78, 5) is 12.2. The van der Waals surface area contributed by atoms with Gasteiger partial charge in [0.2, 0.25) is 0 Å². The van der Waals surface area contributed by atoms with Crippen molar-refractivity contribution in [2.45, 2.75) is 12.8 Å². The summed E-state index contributed by atoms with van der Waals surface area (Å²) in [6.07, 6.45) is 0. The van der Waals surface area contributed by atoms with Gasteiger partial charge in [0.25, 0.3) is 0 Å². The van der Waals surface area contributed by atoms with Crippen LogP contribution in [0.1, 0.15) is 28.8 Å². The minimum atomic E-state index is -0.759. The predicted octanol–water partition coefficient (Wildman–Crippen LogP) is 3.64. The molecular weight excluding hydrogens is 258 g/mol. The summed E-state index contributed by atoms with van der Waals surface area (Å²) >= 11 is 1.45. The largest absolute Gasteiger partial charge is 0.494 e. The van der Waals surface area contributed by atoms with E-state index in [0.29, 0.717) is 17.7 Å². The lowest BCUT2D eigenvalue weighted by atomic mass is 9.93. The fraction of sp³-hybridized carbons (Fsp3) is 0.200. The second-order valence-corrected chi connectivity index (χ2v) is 4.72. The van der Waals surface area contributed by atoms with E-state index in [1.165, 1.54) is 11.3 Å². The molecule has 1 aromatic heterocycles. The van der Waals surface area contributed by atoms with Crippen molar-refractivity contribution in [3.8, 4) is 11.8 Å². The van der Waals surface area contributed by atoms with Crippen molar-refractivity contribution in [2.24, 2.45) is 0 Å². The second kappa shape index (κ2) is 6.17. The average Bonchev–Trinajstić information content (AvgIpc) is 2.96. The number of ketones is 1. The number of Topliss-reactive ketones (excluding diaryl/α,β-unsaturated/α-hetero) is 1. The zero-order chi connectivity index (χ0) is 13.7. The monoisotopic (exact) mass is 271 g/mol. The van der Waals surface area contributed by atoms with Crippen molar-refractivity contribution in [1.82, 2.24) is 0 Å². The molecule has 19 heavy (non-hydrogen) atoms. The number of nitrogens with zero attached hydrogens (tertiary/aromatic N) is 1. The molecule has 0 aliphatic rings. The van der Waals surface area contributed by atoms with Crippen LogP contribution >= 0.6 is 11.3 Å². The van der Waals surface area contributed by atoms with Crippen LogP contribution < -0.4 is 4.74 Å². The van der Waals surface area contributed by atoms with Crippen LogP contribution in [0, 0.1) is 11.3 Å². The number of thiophene rings is 1. The van der Waals surface area contributed by atoms with E-state index >= 15 is 0 Å². The molecule has 0 aliphatic heterocycles. The quantitative estimate of drug-likeness (QED) is 0.780. The molecule has 0 fully saturated rings. The van der Waals surface area contributed by atoms with Gasteiger partial charge in [-0.15, -0.1) is 0 Å². The SMILES string of the molecule is CCOc1ccc(C(C#N)C(=O)c2ccsc2)cc1. The molecule has 2 rings (SSSR count). The highest BCUT2D eigenvalue weighted by atomic mass is 32.1. The lowest BCUT2D eigenvalue weighted by Gasteiger charge is -2.09. The molecule has 1 unspecified atom stereocenters. The summed E-state index contributed by atoms with van der Waals surface area (Å²) in [6, 6.07) is 10.9. The minimum Gasteiger partial charge on any atom is -0.494 e. The molecule has 0 N–H and O–H groups in total. The van der Waals surface area contributed by atoms with Gasteiger partial charge in [0.15, 0.2) is 5.78 Å². The van der Waals surface area contributed by atoms with E-state index in [1.807, 2.05) is 12.3 Å². The first-order chi connectivity index (χ1) is 9.26. The van der Waals surface area contributed by atoms with Gasteiger partial charge >= 0.3 is 0 Å². The van der Waals surface area contributed by atoms with Gasteiger partial charge in [-0.1, -0.05) is 12.1 Å². The van der Waals surface area contributed by atoms with E-state index in [-0.39, 0.29) is 5.78 Å². The number of hydrogen-bond acceptors (Lipinski definition) is 4. The zero-order valence-electron chi connectivity index (χ0n) is 10.5. The van der Waals surface area contributed by atoms with E-state index in [4.69, 9.17) is 4.74 Å². The number of nitriles is 1. The third kappa shape index (κ3) is 3.01. The molecule has 0 spiro atoms. The first-order valence-electron chi connectivity index (χ1n) is 5.95. The van der Waals surface area contributed by atoms with E-state index in [1.54, 1.807) is 35.7 Å². The maximum absolute atomic E-state index is 12.2. The Morgan fingerprint density at radius 2 is 2.11 bits per heavy atom. The standard InChI is InChI=1S/C15H13NO2S/c1-2-18-13-5-3-11(4-6-13)14(9-16)15(17)12-7-8-19-10-12/h3-8,10,14H,2H2,1H3. The molecule has 96 valence electrons. The van der Waals surface area contributed by atoms with E-state index in [9.17, 15) is 10.1 Å². The van der Waals surface area contributed by atoms with Crippen molar-refractivity contribution in [1.29, 1.82) is 5.26 Å². The maximum atomic E-state index is 12.2. The Hall–Kier alpha value is -2.12. The van der Waals surface area contributed by atoms with Gasteiger partial charge in [-0.25, -0.2) is 0 Å². The molecular formula is C15H13NO2S. The van der Waals surface area contributed by atoms with Crippen molar-refractivity contribution in [2.75, 3.05) is 6.61 Å². The van der Waals surface area contributed by atoms with Crippen molar-refractivity contribution in [3.05, 3.63) is 52.2 Å². The molecule has 0 bridgehead atoms. The molecule has 3 nitrogen and oxygen atoms in total. The van der Waals surface area contributed by atoms with Crippen LogP contribution in [0.15, 0.2) is 41.1 Å². The summed E-state index contributed by atoms with van der Waals surface area (Å²) in [5.41, 5.74) is 1.28. The number of benzene rings is 1. The summed E-state index contributed by atoms with van der Waals surface area (Å²) in [5.74, 6) is -0.177. The fourth-order valence-electron chi connectivity index (χ4n) is 1.78. The van der Waals surface area contributed by atoms with Crippen LogP contribution in [-0.4, -0.2) is 12.4 Å². The molecule has 0 saturated heterocycles. The topological polar surface area (TPSA) is 50.1 Å².